The van der Waals surface area contributed by atoms with Gasteiger partial charge in [-0.25, -0.2) is 4.98 Å². The summed E-state index contributed by atoms with van der Waals surface area (Å²) in [6.07, 6.45) is 0.656. The molecule has 0 saturated heterocycles. The minimum Gasteiger partial charge on any atom is -0.326 e. The quantitative estimate of drug-likeness (QED) is 0.871. The average molecular weight is 343 g/mol. The van der Waals surface area contributed by atoms with Gasteiger partial charge in [0.2, 0.25) is 5.91 Å². The molecule has 1 aromatic carbocycles. The molecule has 0 saturated carbocycles. The maximum absolute atomic E-state index is 12.6. The molecule has 1 aromatic heterocycles. The Hall–Kier alpha value is -2.08. The van der Waals surface area contributed by atoms with Gasteiger partial charge in [-0.05, 0) is 38.0 Å². The summed E-state index contributed by atoms with van der Waals surface area (Å²) in [5.41, 5.74) is 3.41. The van der Waals surface area contributed by atoms with Crippen LogP contribution >= 0.6 is 11.8 Å². The number of aromatic nitrogens is 2. The number of benzene rings is 1. The number of fused-ring (bicyclic) bond motifs is 1. The zero-order valence-electron chi connectivity index (χ0n) is 14.1. The maximum atomic E-state index is 12.6. The van der Waals surface area contributed by atoms with E-state index in [9.17, 15) is 9.59 Å². The highest BCUT2D eigenvalue weighted by molar-refractivity contribution is 7.99. The van der Waals surface area contributed by atoms with Crippen molar-refractivity contribution in [2.24, 2.45) is 5.92 Å². The van der Waals surface area contributed by atoms with Crippen LogP contribution in [-0.4, -0.2) is 21.2 Å². The molecule has 2 heterocycles. The number of amides is 1. The van der Waals surface area contributed by atoms with Crippen molar-refractivity contribution in [3.05, 3.63) is 51.4 Å². The van der Waals surface area contributed by atoms with Gasteiger partial charge in [-0.15, -0.1) is 0 Å². The van der Waals surface area contributed by atoms with Gasteiger partial charge in [-0.1, -0.05) is 30.8 Å². The first-order valence-corrected chi connectivity index (χ1v) is 9.08. The average Bonchev–Trinajstić information content (AvgIpc) is 2.55. The van der Waals surface area contributed by atoms with Gasteiger partial charge in [-0.3, -0.25) is 14.2 Å². The van der Waals surface area contributed by atoms with Crippen LogP contribution in [0.25, 0.3) is 0 Å². The molecule has 1 N–H and O–H groups in total. The molecule has 1 aliphatic rings. The van der Waals surface area contributed by atoms with Gasteiger partial charge in [0.15, 0.2) is 5.16 Å². The second-order valence-electron chi connectivity index (χ2n) is 6.09. The summed E-state index contributed by atoms with van der Waals surface area (Å²) in [5.74, 6) is 0.342. The van der Waals surface area contributed by atoms with Crippen molar-refractivity contribution >= 4 is 23.4 Å². The Bertz CT molecular complexity index is 845. The molecule has 3 rings (SSSR count). The first-order chi connectivity index (χ1) is 11.5. The number of carbonyl (C=O) groups excluding carboxylic acids is 1. The van der Waals surface area contributed by atoms with Crippen molar-refractivity contribution in [1.29, 1.82) is 0 Å². The van der Waals surface area contributed by atoms with Gasteiger partial charge in [0.1, 0.15) is 0 Å². The molecule has 126 valence electrons. The van der Waals surface area contributed by atoms with Gasteiger partial charge in [0.25, 0.3) is 5.56 Å². The first-order valence-electron chi connectivity index (χ1n) is 8.10. The Morgan fingerprint density at radius 1 is 1.42 bits per heavy atom. The number of rotatable bonds is 3. The molecule has 1 unspecified atom stereocenters. The van der Waals surface area contributed by atoms with Crippen molar-refractivity contribution in [3.8, 4) is 0 Å². The molecule has 2 aromatic rings. The Kier molecular flexibility index (Phi) is 4.76. The number of nitrogens with zero attached hydrogens (tertiary/aromatic N) is 2. The Morgan fingerprint density at radius 2 is 2.21 bits per heavy atom. The molecule has 0 aliphatic carbocycles. The van der Waals surface area contributed by atoms with E-state index in [4.69, 9.17) is 0 Å². The van der Waals surface area contributed by atoms with E-state index in [1.165, 1.54) is 11.8 Å². The molecule has 1 atom stereocenters. The Balaban J connectivity index is 1.82. The van der Waals surface area contributed by atoms with E-state index in [0.29, 0.717) is 23.9 Å². The SMILES string of the molecule is CCc1c(C)nc2n(c1=O)CC(C(=O)Nc1cccc(C)c1)CS2. The van der Waals surface area contributed by atoms with E-state index in [-0.39, 0.29) is 17.4 Å². The summed E-state index contributed by atoms with van der Waals surface area (Å²) in [4.78, 5) is 29.7. The normalized spacial score (nSPS) is 16.5. The highest BCUT2D eigenvalue weighted by Gasteiger charge is 2.28. The lowest BCUT2D eigenvalue weighted by molar-refractivity contribution is -0.119. The van der Waals surface area contributed by atoms with Crippen LogP contribution in [0.4, 0.5) is 5.69 Å². The molecule has 0 fully saturated rings. The third kappa shape index (κ3) is 3.24. The predicted octanol–water partition coefficient (Wildman–Crippen LogP) is 2.78. The lowest BCUT2D eigenvalue weighted by Crippen LogP contribution is -2.38. The minimum atomic E-state index is -0.241. The van der Waals surface area contributed by atoms with Crippen molar-refractivity contribution in [1.82, 2.24) is 9.55 Å². The third-order valence-electron chi connectivity index (χ3n) is 4.26. The van der Waals surface area contributed by atoms with E-state index < -0.39 is 0 Å². The topological polar surface area (TPSA) is 64.0 Å². The number of thioether (sulfide) groups is 1. The number of aryl methyl sites for hydroxylation is 2. The second kappa shape index (κ2) is 6.81. The van der Waals surface area contributed by atoms with Crippen LogP contribution < -0.4 is 10.9 Å². The number of carbonyl (C=O) groups is 1. The molecule has 1 amide bonds. The first kappa shape index (κ1) is 16.8. The zero-order valence-corrected chi connectivity index (χ0v) is 14.9. The second-order valence-corrected chi connectivity index (χ2v) is 7.08. The smallest absolute Gasteiger partial charge is 0.257 e. The molecule has 24 heavy (non-hydrogen) atoms. The van der Waals surface area contributed by atoms with Gasteiger partial charge >= 0.3 is 0 Å². The number of hydrogen-bond donors (Lipinski definition) is 1. The monoisotopic (exact) mass is 343 g/mol. The summed E-state index contributed by atoms with van der Waals surface area (Å²) < 4.78 is 1.65. The summed E-state index contributed by atoms with van der Waals surface area (Å²) in [5, 5.41) is 3.67. The number of hydrogen-bond acceptors (Lipinski definition) is 4. The fourth-order valence-electron chi connectivity index (χ4n) is 2.93. The lowest BCUT2D eigenvalue weighted by atomic mass is 10.1. The summed E-state index contributed by atoms with van der Waals surface area (Å²) in [6.45, 7) is 6.20. The largest absolute Gasteiger partial charge is 0.326 e. The van der Waals surface area contributed by atoms with Crippen LogP contribution in [0.5, 0.6) is 0 Å². The van der Waals surface area contributed by atoms with Gasteiger partial charge in [0.05, 0.1) is 5.92 Å². The van der Waals surface area contributed by atoms with Crippen LogP contribution in [0.1, 0.15) is 23.7 Å². The molecule has 0 bridgehead atoms. The van der Waals surface area contributed by atoms with Gasteiger partial charge in [-0.2, -0.15) is 0 Å². The fraction of sp³-hybridized carbons (Fsp3) is 0.389. The van der Waals surface area contributed by atoms with Crippen LogP contribution in [0.15, 0.2) is 34.2 Å². The highest BCUT2D eigenvalue weighted by atomic mass is 32.2. The number of nitrogens with one attached hydrogen (secondary N) is 1. The van der Waals surface area contributed by atoms with Gasteiger partial charge < -0.3 is 5.32 Å². The molecule has 5 nitrogen and oxygen atoms in total. The van der Waals surface area contributed by atoms with Crippen molar-refractivity contribution < 1.29 is 4.79 Å². The van der Waals surface area contributed by atoms with E-state index >= 15 is 0 Å². The van der Waals surface area contributed by atoms with Crippen molar-refractivity contribution in [2.45, 2.75) is 38.9 Å². The molecule has 6 heteroatoms. The van der Waals surface area contributed by atoms with E-state index in [1.54, 1.807) is 4.57 Å². The maximum Gasteiger partial charge on any atom is 0.257 e. The number of anilines is 1. The highest BCUT2D eigenvalue weighted by Crippen LogP contribution is 2.26. The lowest BCUT2D eigenvalue weighted by Gasteiger charge is -2.25. The Labute approximate surface area is 145 Å². The molecular weight excluding hydrogens is 322 g/mol. The Morgan fingerprint density at radius 3 is 2.92 bits per heavy atom. The van der Waals surface area contributed by atoms with Crippen LogP contribution in [0.3, 0.4) is 0 Å². The van der Waals surface area contributed by atoms with E-state index in [0.717, 1.165) is 22.5 Å². The van der Waals surface area contributed by atoms with Crippen molar-refractivity contribution in [3.63, 3.8) is 0 Å². The molecular formula is C18H21N3O2S. The van der Waals surface area contributed by atoms with Crippen LogP contribution in [0.2, 0.25) is 0 Å². The summed E-state index contributed by atoms with van der Waals surface area (Å²) >= 11 is 1.48. The molecule has 0 radical (unpaired) electrons. The van der Waals surface area contributed by atoms with E-state index in [1.807, 2.05) is 45.0 Å². The van der Waals surface area contributed by atoms with E-state index in [2.05, 4.69) is 10.3 Å². The standard InChI is InChI=1S/C18H21N3O2S/c1-4-15-12(3)19-18-21(17(15)23)9-13(10-24-18)16(22)20-14-7-5-6-11(2)8-14/h5-8,13H,4,9-10H2,1-3H3,(H,20,22). The van der Waals surface area contributed by atoms with Gasteiger partial charge in [0, 0.05) is 29.2 Å². The zero-order chi connectivity index (χ0) is 17.3. The predicted molar refractivity (Wildman–Crippen MR) is 96.6 cm³/mol. The molecule has 0 spiro atoms. The third-order valence-corrected chi connectivity index (χ3v) is 5.40. The van der Waals surface area contributed by atoms with Crippen molar-refractivity contribution in [2.75, 3.05) is 11.1 Å². The summed E-state index contributed by atoms with van der Waals surface area (Å²) in [6, 6.07) is 7.72. The molecule has 1 aliphatic heterocycles. The van der Waals surface area contributed by atoms with Crippen LogP contribution in [-0.2, 0) is 17.8 Å². The summed E-state index contributed by atoms with van der Waals surface area (Å²) in [7, 11) is 0. The minimum absolute atomic E-state index is 0.0134. The van der Waals surface area contributed by atoms with Crippen LogP contribution in [0, 0.1) is 19.8 Å². The fourth-order valence-corrected chi connectivity index (χ4v) is 4.05.